The van der Waals surface area contributed by atoms with Crippen LogP contribution in [0.5, 0.6) is 0 Å². The molecule has 0 aromatic carbocycles. The summed E-state index contributed by atoms with van der Waals surface area (Å²) < 4.78 is 17.6. The molecule has 0 saturated carbocycles. The quantitative estimate of drug-likeness (QED) is 0.786. The van der Waals surface area contributed by atoms with Crippen LogP contribution >= 0.6 is 0 Å². The van der Waals surface area contributed by atoms with E-state index < -0.39 is 0 Å². The number of piperidine rings is 1. The van der Waals surface area contributed by atoms with Crippen LogP contribution in [0.3, 0.4) is 0 Å². The Labute approximate surface area is 150 Å². The van der Waals surface area contributed by atoms with Crippen LogP contribution in [0, 0.1) is 12.3 Å². The Morgan fingerprint density at radius 3 is 3.00 bits per heavy atom. The van der Waals surface area contributed by atoms with Gasteiger partial charge in [0.2, 0.25) is 5.91 Å². The van der Waals surface area contributed by atoms with Gasteiger partial charge < -0.3 is 18.8 Å². The van der Waals surface area contributed by atoms with Crippen molar-refractivity contribution >= 4 is 5.91 Å². The summed E-state index contributed by atoms with van der Waals surface area (Å²) in [6.45, 7) is 6.27. The van der Waals surface area contributed by atoms with Crippen LogP contribution < -0.4 is 0 Å². The second-order valence-corrected chi connectivity index (χ2v) is 7.62. The highest BCUT2D eigenvalue weighted by Gasteiger charge is 2.46. The lowest BCUT2D eigenvalue weighted by molar-refractivity contribution is -0.160. The number of amides is 1. The molecule has 2 saturated heterocycles. The molecule has 3 rings (SSSR count). The van der Waals surface area contributed by atoms with E-state index in [1.165, 1.54) is 0 Å². The van der Waals surface area contributed by atoms with E-state index in [4.69, 9.17) is 13.9 Å². The van der Waals surface area contributed by atoms with Crippen molar-refractivity contribution in [3.8, 4) is 0 Å². The van der Waals surface area contributed by atoms with Gasteiger partial charge in [-0.25, -0.2) is 0 Å². The van der Waals surface area contributed by atoms with Crippen LogP contribution in [-0.2, 0) is 20.8 Å². The molecule has 3 heterocycles. The second-order valence-electron chi connectivity index (χ2n) is 7.62. The summed E-state index contributed by atoms with van der Waals surface area (Å²) in [6.07, 6.45) is 3.37. The van der Waals surface area contributed by atoms with Crippen LogP contribution in [0.1, 0.15) is 30.8 Å². The first-order valence-corrected chi connectivity index (χ1v) is 9.16. The summed E-state index contributed by atoms with van der Waals surface area (Å²) in [4.78, 5) is 15.8. The first-order chi connectivity index (χ1) is 12.0. The highest BCUT2D eigenvalue weighted by atomic mass is 16.5. The molecule has 1 aromatic heterocycles. The number of aryl methyl sites for hydroxylation is 1. The lowest BCUT2D eigenvalue weighted by atomic mass is 9.73. The predicted octanol–water partition coefficient (Wildman–Crippen LogP) is 2.06. The zero-order valence-electron chi connectivity index (χ0n) is 15.6. The maximum absolute atomic E-state index is 11.8. The fraction of sp³-hybridized carbons (Fsp3) is 0.737. The average molecular weight is 350 g/mol. The monoisotopic (exact) mass is 350 g/mol. The molecule has 0 bridgehead atoms. The molecule has 2 atom stereocenters. The lowest BCUT2D eigenvalue weighted by Crippen LogP contribution is -2.56. The molecule has 2 fully saturated rings. The maximum atomic E-state index is 11.8. The Morgan fingerprint density at radius 1 is 1.44 bits per heavy atom. The van der Waals surface area contributed by atoms with E-state index in [0.29, 0.717) is 6.61 Å². The first-order valence-electron chi connectivity index (χ1n) is 9.16. The third-order valence-electron chi connectivity index (χ3n) is 5.36. The molecule has 25 heavy (non-hydrogen) atoms. The fourth-order valence-electron chi connectivity index (χ4n) is 3.99. The summed E-state index contributed by atoms with van der Waals surface area (Å²) in [5.41, 5.74) is -0.0231. The first kappa shape index (κ1) is 18.4. The minimum atomic E-state index is -0.0231. The minimum absolute atomic E-state index is 0.00315. The fourth-order valence-corrected chi connectivity index (χ4v) is 3.99. The molecule has 0 aliphatic carbocycles. The number of nitrogens with zero attached hydrogens (tertiary/aromatic N) is 2. The molecule has 0 spiro atoms. The Kier molecular flexibility index (Phi) is 5.81. The molecule has 0 unspecified atom stereocenters. The van der Waals surface area contributed by atoms with Crippen molar-refractivity contribution in [3.63, 3.8) is 0 Å². The van der Waals surface area contributed by atoms with E-state index in [1.807, 2.05) is 13.0 Å². The van der Waals surface area contributed by atoms with Crippen LogP contribution in [0.15, 0.2) is 16.5 Å². The molecular weight excluding hydrogens is 320 g/mol. The van der Waals surface area contributed by atoms with Crippen LogP contribution in [0.25, 0.3) is 0 Å². The lowest BCUT2D eigenvalue weighted by Gasteiger charge is -2.50. The van der Waals surface area contributed by atoms with E-state index in [-0.39, 0.29) is 24.0 Å². The molecule has 1 aromatic rings. The van der Waals surface area contributed by atoms with Gasteiger partial charge in [0, 0.05) is 39.2 Å². The SMILES string of the molecule is Cc1ccc(CN2CC[C@H]3OCCC[C@@]3(COCC(=O)N(C)C)C2)o1. The van der Waals surface area contributed by atoms with Gasteiger partial charge in [0.05, 0.1) is 19.3 Å². The summed E-state index contributed by atoms with van der Waals surface area (Å²) in [7, 11) is 3.51. The van der Waals surface area contributed by atoms with Gasteiger partial charge in [-0.3, -0.25) is 9.69 Å². The van der Waals surface area contributed by atoms with Crippen LogP contribution in [0.4, 0.5) is 0 Å². The van der Waals surface area contributed by atoms with Gasteiger partial charge in [0.25, 0.3) is 0 Å². The molecule has 6 nitrogen and oxygen atoms in total. The summed E-state index contributed by atoms with van der Waals surface area (Å²) in [6, 6.07) is 4.06. The molecule has 0 N–H and O–H groups in total. The number of likely N-dealkylation sites (N-methyl/N-ethyl adjacent to an activating group) is 1. The van der Waals surface area contributed by atoms with E-state index in [1.54, 1.807) is 19.0 Å². The number of fused-ring (bicyclic) bond motifs is 1. The van der Waals surface area contributed by atoms with Crippen molar-refractivity contribution in [2.45, 2.75) is 38.8 Å². The Morgan fingerprint density at radius 2 is 2.28 bits per heavy atom. The number of rotatable bonds is 6. The molecule has 6 heteroatoms. The number of carbonyl (C=O) groups is 1. The van der Waals surface area contributed by atoms with Crippen molar-refractivity contribution in [3.05, 3.63) is 23.7 Å². The summed E-state index contributed by atoms with van der Waals surface area (Å²) >= 11 is 0. The van der Waals surface area contributed by atoms with Crippen molar-refractivity contribution in [1.29, 1.82) is 0 Å². The Balaban J connectivity index is 1.62. The molecule has 140 valence electrons. The van der Waals surface area contributed by atoms with Crippen LogP contribution in [-0.4, -0.2) is 68.8 Å². The molecule has 2 aliphatic rings. The second kappa shape index (κ2) is 7.89. The van der Waals surface area contributed by atoms with Gasteiger partial charge in [0.15, 0.2) is 0 Å². The third-order valence-corrected chi connectivity index (χ3v) is 5.36. The predicted molar refractivity (Wildman–Crippen MR) is 94.3 cm³/mol. The van der Waals surface area contributed by atoms with E-state index >= 15 is 0 Å². The van der Waals surface area contributed by atoms with Crippen molar-refractivity contribution < 1.29 is 18.7 Å². The van der Waals surface area contributed by atoms with Gasteiger partial charge in [-0.15, -0.1) is 0 Å². The van der Waals surface area contributed by atoms with Gasteiger partial charge in [-0.05, 0) is 38.3 Å². The molecular formula is C19H30N2O4. The Bertz CT molecular complexity index is 586. The smallest absolute Gasteiger partial charge is 0.248 e. The Hall–Kier alpha value is -1.37. The minimum Gasteiger partial charge on any atom is -0.465 e. The molecule has 2 aliphatic heterocycles. The van der Waals surface area contributed by atoms with Crippen molar-refractivity contribution in [2.75, 3.05) is 47.0 Å². The van der Waals surface area contributed by atoms with Gasteiger partial charge >= 0.3 is 0 Å². The maximum Gasteiger partial charge on any atom is 0.248 e. The van der Waals surface area contributed by atoms with E-state index in [2.05, 4.69) is 11.0 Å². The number of likely N-dealkylation sites (tertiary alicyclic amines) is 1. The zero-order valence-corrected chi connectivity index (χ0v) is 15.6. The van der Waals surface area contributed by atoms with Gasteiger partial charge in [-0.2, -0.15) is 0 Å². The highest BCUT2D eigenvalue weighted by Crippen LogP contribution is 2.40. The van der Waals surface area contributed by atoms with Gasteiger partial charge in [0.1, 0.15) is 18.1 Å². The number of ether oxygens (including phenoxy) is 2. The van der Waals surface area contributed by atoms with Crippen LogP contribution in [0.2, 0.25) is 0 Å². The third kappa shape index (κ3) is 4.43. The number of hydrogen-bond acceptors (Lipinski definition) is 5. The highest BCUT2D eigenvalue weighted by molar-refractivity contribution is 5.76. The number of hydrogen-bond donors (Lipinski definition) is 0. The number of furan rings is 1. The van der Waals surface area contributed by atoms with Gasteiger partial charge in [-0.1, -0.05) is 0 Å². The molecule has 1 amide bonds. The normalized spacial score (nSPS) is 27.1. The topological polar surface area (TPSA) is 55.2 Å². The average Bonchev–Trinajstić information content (AvgIpc) is 2.99. The van der Waals surface area contributed by atoms with Crippen molar-refractivity contribution in [2.24, 2.45) is 5.41 Å². The number of carbonyl (C=O) groups excluding carboxylic acids is 1. The largest absolute Gasteiger partial charge is 0.465 e. The zero-order chi connectivity index (χ0) is 17.9. The summed E-state index contributed by atoms with van der Waals surface area (Å²) in [5.74, 6) is 1.96. The van der Waals surface area contributed by atoms with E-state index in [0.717, 1.165) is 57.0 Å². The standard InChI is InChI=1S/C19H30N2O4/c1-15-5-6-16(25-15)11-21-9-7-17-19(13-21,8-4-10-24-17)14-23-12-18(22)20(2)3/h5-6,17H,4,7-14H2,1-3H3/t17-,19+/m1/s1. The molecule has 0 radical (unpaired) electrons. The van der Waals surface area contributed by atoms with E-state index in [9.17, 15) is 4.79 Å². The van der Waals surface area contributed by atoms with Crippen molar-refractivity contribution in [1.82, 2.24) is 9.80 Å². The summed E-state index contributed by atoms with van der Waals surface area (Å²) in [5, 5.41) is 0.